The second-order valence-corrected chi connectivity index (χ2v) is 6.17. The molecule has 1 atom stereocenters. The van der Waals surface area contributed by atoms with Crippen molar-refractivity contribution in [1.82, 2.24) is 0 Å². The molecule has 0 amide bonds. The highest BCUT2D eigenvalue weighted by Crippen LogP contribution is 2.40. The maximum absolute atomic E-state index is 12.9. The lowest BCUT2D eigenvalue weighted by Crippen LogP contribution is -2.58. The fourth-order valence-corrected chi connectivity index (χ4v) is 2.66. The third kappa shape index (κ3) is 4.72. The van der Waals surface area contributed by atoms with Crippen molar-refractivity contribution in [1.29, 1.82) is 0 Å². The third-order valence-electron chi connectivity index (χ3n) is 4.12. The van der Waals surface area contributed by atoms with Crippen molar-refractivity contribution in [3.05, 3.63) is 73.4 Å². The van der Waals surface area contributed by atoms with Crippen molar-refractivity contribution in [3.63, 3.8) is 0 Å². The molecular weight excluding hydrogens is 457 g/mol. The van der Waals surface area contributed by atoms with Gasteiger partial charge in [-0.05, 0) is 24.3 Å². The Morgan fingerprint density at radius 1 is 0.806 bits per heavy atom. The van der Waals surface area contributed by atoms with Crippen LogP contribution in [0.3, 0.4) is 0 Å². The highest BCUT2D eigenvalue weighted by atomic mass is 19.4. The van der Waals surface area contributed by atoms with Crippen molar-refractivity contribution in [2.24, 2.45) is 0 Å². The molecule has 16 heteroatoms. The summed E-state index contributed by atoms with van der Waals surface area (Å²) in [7, 11) is 0. The quantitative estimate of drug-likeness (QED) is 0.298. The predicted octanol–water partition coefficient (Wildman–Crippen LogP) is 4.81. The second-order valence-electron chi connectivity index (χ2n) is 6.17. The van der Waals surface area contributed by atoms with E-state index in [0.717, 1.165) is 0 Å². The Morgan fingerprint density at radius 3 is 1.61 bits per heavy atom. The monoisotopic (exact) mass is 465 g/mol. The Labute approximate surface area is 165 Å². The Morgan fingerprint density at radius 2 is 1.26 bits per heavy atom. The fraction of sp³-hybridized carbons (Fsp3) is 0.333. The summed E-state index contributed by atoms with van der Waals surface area (Å²) in [6.07, 6.45) is -15.8. The Balaban J connectivity index is 2.64. The lowest BCUT2D eigenvalue weighted by Gasteiger charge is -2.27. The lowest BCUT2D eigenvalue weighted by atomic mass is 9.91. The number of benzene rings is 1. The van der Waals surface area contributed by atoms with Gasteiger partial charge in [0, 0.05) is 5.69 Å². The molecule has 0 spiro atoms. The van der Waals surface area contributed by atoms with Crippen LogP contribution in [0, 0.1) is 20.2 Å². The van der Waals surface area contributed by atoms with Gasteiger partial charge in [0.2, 0.25) is 0 Å². The zero-order valence-corrected chi connectivity index (χ0v) is 14.5. The van der Waals surface area contributed by atoms with E-state index in [2.05, 4.69) is 0 Å². The normalized spacial score (nSPS) is 19.0. The summed E-state index contributed by atoms with van der Waals surface area (Å²) in [4.78, 5) is 19.2. The zero-order chi connectivity index (χ0) is 24.0. The number of allylic oxidation sites excluding steroid dienone is 2. The third-order valence-corrected chi connectivity index (χ3v) is 4.12. The molecule has 1 aromatic carbocycles. The molecule has 2 rings (SSSR count). The van der Waals surface area contributed by atoms with E-state index >= 15 is 0 Å². The first kappa shape index (κ1) is 23.9. The van der Waals surface area contributed by atoms with Crippen LogP contribution in [0.2, 0.25) is 0 Å². The number of halogens is 9. The molecule has 0 aliphatic heterocycles. The molecule has 1 N–H and O–H groups in total. The molecule has 1 aliphatic carbocycles. The number of nitrogens with zero attached hydrogens (tertiary/aromatic N) is 2. The molecule has 0 aromatic heterocycles. The van der Waals surface area contributed by atoms with Gasteiger partial charge in [0.15, 0.2) is 6.04 Å². The van der Waals surface area contributed by atoms with Crippen LogP contribution in [0.15, 0.2) is 42.0 Å². The van der Waals surface area contributed by atoms with E-state index in [1.807, 2.05) is 0 Å². The van der Waals surface area contributed by atoms with Crippen molar-refractivity contribution in [2.45, 2.75) is 30.2 Å². The number of hydrogen-bond acceptors (Lipinski definition) is 5. The van der Waals surface area contributed by atoms with Gasteiger partial charge in [0.25, 0.3) is 0 Å². The van der Waals surface area contributed by atoms with Gasteiger partial charge in [-0.25, -0.2) is 0 Å². The maximum atomic E-state index is 12.9. The zero-order valence-electron chi connectivity index (χ0n) is 14.5. The van der Waals surface area contributed by atoms with Crippen LogP contribution in [0.4, 0.5) is 45.2 Å². The summed E-state index contributed by atoms with van der Waals surface area (Å²) < 4.78 is 116. The van der Waals surface area contributed by atoms with Gasteiger partial charge in [-0.15, -0.1) is 0 Å². The number of anilines is 1. The minimum Gasteiger partial charge on any atom is -0.366 e. The summed E-state index contributed by atoms with van der Waals surface area (Å²) in [6, 6.07) is -2.47. The SMILES string of the molecule is O=[N+]([O-])C1([N+](=O)[O-])C=C(C(F)(F)F)C=CC1Nc1cc(C(F)(F)F)cc(C(F)(F)F)c1. The van der Waals surface area contributed by atoms with Gasteiger partial charge in [-0.1, -0.05) is 6.08 Å². The number of rotatable bonds is 4. The van der Waals surface area contributed by atoms with Crippen LogP contribution in [0.5, 0.6) is 0 Å². The van der Waals surface area contributed by atoms with Crippen molar-refractivity contribution < 1.29 is 49.4 Å². The molecule has 0 saturated carbocycles. The van der Waals surface area contributed by atoms with E-state index in [1.54, 1.807) is 5.32 Å². The van der Waals surface area contributed by atoms with Crippen LogP contribution in [-0.4, -0.2) is 27.7 Å². The van der Waals surface area contributed by atoms with Gasteiger partial charge < -0.3 is 5.32 Å². The topological polar surface area (TPSA) is 98.3 Å². The first-order valence-corrected chi connectivity index (χ1v) is 7.72. The van der Waals surface area contributed by atoms with Crippen LogP contribution < -0.4 is 5.32 Å². The number of nitrogens with one attached hydrogen (secondary N) is 1. The summed E-state index contributed by atoms with van der Waals surface area (Å²) in [5.74, 6) is 0. The van der Waals surface area contributed by atoms with Crippen LogP contribution >= 0.6 is 0 Å². The Kier molecular flexibility index (Phi) is 5.73. The molecule has 0 saturated heterocycles. The summed E-state index contributed by atoms with van der Waals surface area (Å²) in [5.41, 5.74) is -10.3. The van der Waals surface area contributed by atoms with E-state index in [1.165, 1.54) is 0 Å². The van der Waals surface area contributed by atoms with Gasteiger partial charge in [0.05, 0.1) is 22.8 Å². The molecule has 1 aromatic rings. The average molecular weight is 465 g/mol. The highest BCUT2D eigenvalue weighted by molar-refractivity contribution is 5.53. The summed E-state index contributed by atoms with van der Waals surface area (Å²) >= 11 is 0. The molecule has 170 valence electrons. The number of alkyl halides is 9. The number of hydrogen-bond donors (Lipinski definition) is 1. The molecule has 1 unspecified atom stereocenters. The van der Waals surface area contributed by atoms with E-state index in [0.29, 0.717) is 0 Å². The molecule has 0 heterocycles. The van der Waals surface area contributed by atoms with Crippen LogP contribution in [-0.2, 0) is 12.4 Å². The maximum Gasteiger partial charge on any atom is 0.501 e. The molecule has 7 nitrogen and oxygen atoms in total. The van der Waals surface area contributed by atoms with Crippen molar-refractivity contribution >= 4 is 5.69 Å². The molecule has 31 heavy (non-hydrogen) atoms. The molecular formula is C15H8F9N3O4. The second kappa shape index (κ2) is 7.42. The van der Waals surface area contributed by atoms with E-state index in [9.17, 15) is 59.7 Å². The van der Waals surface area contributed by atoms with Gasteiger partial charge >= 0.3 is 24.2 Å². The Bertz CT molecular complexity index is 918. The van der Waals surface area contributed by atoms with Gasteiger partial charge in [-0.3, -0.25) is 20.2 Å². The standard InChI is InChI=1S/C15H8F9N3O4/c16-13(17,18)7-1-2-11(12(6-7,26(28)29)27(30)31)25-10-4-8(14(19,20)21)3-9(5-10)15(22,23)24/h1-6,11,25H. The minimum atomic E-state index is -5.30. The largest absolute Gasteiger partial charge is 0.501 e. The molecule has 0 radical (unpaired) electrons. The molecule has 0 fully saturated rings. The first-order valence-electron chi connectivity index (χ1n) is 7.72. The van der Waals surface area contributed by atoms with Crippen molar-refractivity contribution in [2.75, 3.05) is 5.32 Å². The van der Waals surface area contributed by atoms with E-state index in [4.69, 9.17) is 0 Å². The first-order chi connectivity index (χ1) is 13.9. The van der Waals surface area contributed by atoms with Crippen LogP contribution in [0.1, 0.15) is 11.1 Å². The van der Waals surface area contributed by atoms with E-state index < -0.39 is 62.5 Å². The summed E-state index contributed by atoms with van der Waals surface area (Å²) in [5, 5.41) is 24.5. The lowest BCUT2D eigenvalue weighted by molar-refractivity contribution is -0.781. The predicted molar refractivity (Wildman–Crippen MR) is 83.9 cm³/mol. The number of nitro groups is 2. The molecule has 1 aliphatic rings. The van der Waals surface area contributed by atoms with Crippen molar-refractivity contribution in [3.8, 4) is 0 Å². The summed E-state index contributed by atoms with van der Waals surface area (Å²) in [6.45, 7) is 0. The highest BCUT2D eigenvalue weighted by Gasteiger charge is 2.63. The Hall–Kier alpha value is -3.33. The average Bonchev–Trinajstić information content (AvgIpc) is 2.58. The van der Waals surface area contributed by atoms with Gasteiger partial charge in [-0.2, -0.15) is 39.5 Å². The fourth-order valence-electron chi connectivity index (χ4n) is 2.66. The smallest absolute Gasteiger partial charge is 0.366 e. The van der Waals surface area contributed by atoms with Crippen LogP contribution in [0.25, 0.3) is 0 Å². The van der Waals surface area contributed by atoms with E-state index in [-0.39, 0.29) is 36.4 Å². The molecule has 0 bridgehead atoms. The van der Waals surface area contributed by atoms with Gasteiger partial charge in [0.1, 0.15) is 9.85 Å². The minimum absolute atomic E-state index is 0.0801.